The summed E-state index contributed by atoms with van der Waals surface area (Å²) in [6.07, 6.45) is 1.05. The van der Waals surface area contributed by atoms with Gasteiger partial charge < -0.3 is 10.4 Å². The predicted molar refractivity (Wildman–Crippen MR) is 111 cm³/mol. The Labute approximate surface area is 163 Å². The van der Waals surface area contributed by atoms with Crippen LogP contribution >= 0.6 is 0 Å². The van der Waals surface area contributed by atoms with Crippen molar-refractivity contribution in [1.29, 1.82) is 0 Å². The number of carbonyl (C=O) groups is 1. The number of hydrogen-bond donors (Lipinski definition) is 2. The molecular weight excluding hydrogens is 334 g/mol. The fourth-order valence-electron chi connectivity index (χ4n) is 3.13. The summed E-state index contributed by atoms with van der Waals surface area (Å²) in [6, 6.07) is 19.3. The molecule has 0 unspecified atom stereocenters. The van der Waals surface area contributed by atoms with Gasteiger partial charge in [0.15, 0.2) is 5.78 Å². The van der Waals surface area contributed by atoms with Crippen molar-refractivity contribution in [3.8, 4) is 0 Å². The van der Waals surface area contributed by atoms with Crippen LogP contribution in [-0.2, 0) is 0 Å². The second-order valence-electron chi connectivity index (χ2n) is 8.21. The number of carbonyl (C=O) groups excluding carboxylic acids is 1. The molecular formula is C24H31NO2. The van der Waals surface area contributed by atoms with Crippen molar-refractivity contribution < 1.29 is 9.90 Å². The van der Waals surface area contributed by atoms with Crippen LogP contribution in [0.5, 0.6) is 0 Å². The number of aliphatic hydroxyl groups excluding tert-OH is 1. The van der Waals surface area contributed by atoms with Crippen LogP contribution in [0.15, 0.2) is 72.4 Å². The normalized spacial score (nSPS) is 15.7. The van der Waals surface area contributed by atoms with Gasteiger partial charge in [0, 0.05) is 29.3 Å². The van der Waals surface area contributed by atoms with Gasteiger partial charge >= 0.3 is 0 Å². The Hall–Kier alpha value is -2.39. The summed E-state index contributed by atoms with van der Waals surface area (Å²) in [6.45, 7) is 10.0. The minimum Gasteiger partial charge on any atom is -0.392 e. The van der Waals surface area contributed by atoms with E-state index in [2.05, 4.69) is 24.4 Å². The van der Waals surface area contributed by atoms with Crippen LogP contribution in [0.4, 0.5) is 0 Å². The van der Waals surface area contributed by atoms with Gasteiger partial charge in [-0.25, -0.2) is 0 Å². The third-order valence-corrected chi connectivity index (χ3v) is 4.88. The Balaban J connectivity index is 2.33. The van der Waals surface area contributed by atoms with Gasteiger partial charge in [-0.1, -0.05) is 88.4 Å². The minimum absolute atomic E-state index is 0.0237. The Kier molecular flexibility index (Phi) is 6.98. The van der Waals surface area contributed by atoms with Crippen molar-refractivity contribution >= 4 is 5.78 Å². The van der Waals surface area contributed by atoms with Crippen LogP contribution in [0.3, 0.4) is 0 Å². The maximum atomic E-state index is 12.8. The molecule has 0 saturated heterocycles. The molecule has 2 N–H and O–H groups in total. The molecule has 0 heterocycles. The smallest absolute Gasteiger partial charge is 0.187 e. The first-order valence-electron chi connectivity index (χ1n) is 9.50. The predicted octanol–water partition coefficient (Wildman–Crippen LogP) is 5.15. The molecule has 2 aromatic rings. The molecule has 0 aliphatic heterocycles. The van der Waals surface area contributed by atoms with Gasteiger partial charge in [0.25, 0.3) is 0 Å². The molecule has 0 saturated carbocycles. The summed E-state index contributed by atoms with van der Waals surface area (Å²) < 4.78 is 0. The molecule has 27 heavy (non-hydrogen) atoms. The van der Waals surface area contributed by atoms with E-state index in [9.17, 15) is 9.90 Å². The summed E-state index contributed by atoms with van der Waals surface area (Å²) in [5.41, 5.74) is 2.24. The van der Waals surface area contributed by atoms with E-state index in [4.69, 9.17) is 0 Å². The number of allylic oxidation sites excluding steroid dienone is 1. The molecule has 3 heteroatoms. The third-order valence-electron chi connectivity index (χ3n) is 4.88. The number of ketones is 1. The van der Waals surface area contributed by atoms with E-state index < -0.39 is 6.10 Å². The molecule has 3 nitrogen and oxygen atoms in total. The highest BCUT2D eigenvalue weighted by molar-refractivity contribution is 6.04. The van der Waals surface area contributed by atoms with Crippen LogP contribution in [0, 0.1) is 11.3 Å². The molecule has 0 radical (unpaired) electrons. The average Bonchev–Trinajstić information content (AvgIpc) is 2.66. The third kappa shape index (κ3) is 5.80. The number of nitrogens with one attached hydrogen (secondary N) is 1. The maximum absolute atomic E-state index is 12.8. The van der Waals surface area contributed by atoms with Crippen molar-refractivity contribution in [3.05, 3.63) is 83.6 Å². The molecule has 0 aromatic heterocycles. The Morgan fingerprint density at radius 1 is 0.963 bits per heavy atom. The summed E-state index contributed by atoms with van der Waals surface area (Å²) >= 11 is 0. The zero-order valence-corrected chi connectivity index (χ0v) is 16.9. The van der Waals surface area contributed by atoms with Gasteiger partial charge in [0.05, 0.1) is 6.10 Å². The Morgan fingerprint density at radius 3 is 2.00 bits per heavy atom. The number of aliphatic hydroxyl groups is 1. The van der Waals surface area contributed by atoms with Crippen LogP contribution in [0.2, 0.25) is 0 Å². The van der Waals surface area contributed by atoms with Gasteiger partial charge in [-0.3, -0.25) is 4.79 Å². The van der Waals surface area contributed by atoms with Crippen LogP contribution in [-0.4, -0.2) is 17.0 Å². The first kappa shape index (κ1) is 20.9. The van der Waals surface area contributed by atoms with E-state index in [1.807, 2.05) is 76.2 Å². The van der Waals surface area contributed by atoms with E-state index in [1.54, 1.807) is 6.08 Å². The highest BCUT2D eigenvalue weighted by atomic mass is 16.3. The van der Waals surface area contributed by atoms with Crippen LogP contribution in [0.25, 0.3) is 0 Å². The molecule has 2 aromatic carbocycles. The van der Waals surface area contributed by atoms with Gasteiger partial charge in [0.1, 0.15) is 0 Å². The largest absolute Gasteiger partial charge is 0.392 e. The first-order chi connectivity index (χ1) is 12.7. The molecule has 0 amide bonds. The molecule has 2 rings (SSSR count). The van der Waals surface area contributed by atoms with Gasteiger partial charge in [-0.15, -0.1) is 0 Å². The molecule has 0 aliphatic rings. The Morgan fingerprint density at radius 2 is 1.48 bits per heavy atom. The number of benzene rings is 2. The maximum Gasteiger partial charge on any atom is 0.187 e. The van der Waals surface area contributed by atoms with Crippen molar-refractivity contribution in [2.24, 2.45) is 11.3 Å². The Bertz CT molecular complexity index is 760. The SMILES string of the molecule is C[C@@H](N/C(=C/C(=O)c1ccccc1)[C@H](C)[C@H](O)C(C)(C)C)c1ccccc1. The minimum atomic E-state index is -0.581. The van der Waals surface area contributed by atoms with E-state index >= 15 is 0 Å². The summed E-state index contributed by atoms with van der Waals surface area (Å²) in [5, 5.41) is 14.3. The van der Waals surface area contributed by atoms with Crippen molar-refractivity contribution in [2.45, 2.75) is 46.8 Å². The topological polar surface area (TPSA) is 49.3 Å². The molecule has 0 fully saturated rings. The van der Waals surface area contributed by atoms with Gasteiger partial charge in [-0.05, 0) is 17.9 Å². The summed E-state index contributed by atoms with van der Waals surface area (Å²) in [4.78, 5) is 12.8. The first-order valence-corrected chi connectivity index (χ1v) is 9.50. The molecule has 0 bridgehead atoms. The molecule has 3 atom stereocenters. The number of rotatable bonds is 7. The molecule has 144 valence electrons. The van der Waals surface area contributed by atoms with Crippen molar-refractivity contribution in [2.75, 3.05) is 0 Å². The van der Waals surface area contributed by atoms with Gasteiger partial charge in [0.2, 0.25) is 0 Å². The lowest BCUT2D eigenvalue weighted by Crippen LogP contribution is -2.37. The fraction of sp³-hybridized carbons (Fsp3) is 0.375. The zero-order valence-electron chi connectivity index (χ0n) is 16.9. The number of hydrogen-bond acceptors (Lipinski definition) is 3. The van der Waals surface area contributed by atoms with Gasteiger partial charge in [-0.2, -0.15) is 0 Å². The lowest BCUT2D eigenvalue weighted by atomic mass is 9.80. The standard InChI is InChI=1S/C24H31NO2/c1-17(23(27)24(3,4)5)21(16-22(26)20-14-10-7-11-15-20)25-18(2)19-12-8-6-9-13-19/h6-18,23,25,27H,1-5H3/b21-16+/t17-,18+,23-/m0/s1. The van der Waals surface area contributed by atoms with Crippen LogP contribution in [0.1, 0.15) is 56.6 Å². The second-order valence-corrected chi connectivity index (χ2v) is 8.21. The quantitative estimate of drug-likeness (QED) is 0.527. The van der Waals surface area contributed by atoms with E-state index in [-0.39, 0.29) is 23.2 Å². The summed E-state index contributed by atoms with van der Waals surface area (Å²) in [5.74, 6) is -0.268. The average molecular weight is 366 g/mol. The summed E-state index contributed by atoms with van der Waals surface area (Å²) in [7, 11) is 0. The molecule has 0 aliphatic carbocycles. The zero-order chi connectivity index (χ0) is 20.0. The highest BCUT2D eigenvalue weighted by Gasteiger charge is 2.30. The lowest BCUT2D eigenvalue weighted by Gasteiger charge is -2.34. The van der Waals surface area contributed by atoms with E-state index in [0.29, 0.717) is 5.56 Å². The van der Waals surface area contributed by atoms with Crippen molar-refractivity contribution in [3.63, 3.8) is 0 Å². The highest BCUT2D eigenvalue weighted by Crippen LogP contribution is 2.30. The van der Waals surface area contributed by atoms with E-state index in [0.717, 1.165) is 11.3 Å². The van der Waals surface area contributed by atoms with Crippen molar-refractivity contribution in [1.82, 2.24) is 5.32 Å². The fourth-order valence-corrected chi connectivity index (χ4v) is 3.13. The molecule has 0 spiro atoms. The monoisotopic (exact) mass is 365 g/mol. The van der Waals surface area contributed by atoms with Crippen LogP contribution < -0.4 is 5.32 Å². The second kappa shape index (κ2) is 9.01. The lowest BCUT2D eigenvalue weighted by molar-refractivity contribution is 0.0276. The van der Waals surface area contributed by atoms with E-state index in [1.165, 1.54) is 0 Å².